The lowest BCUT2D eigenvalue weighted by atomic mass is 10.1. The van der Waals surface area contributed by atoms with Gasteiger partial charge in [0.1, 0.15) is 5.82 Å². The van der Waals surface area contributed by atoms with E-state index in [2.05, 4.69) is 20.4 Å². The first-order chi connectivity index (χ1) is 9.81. The van der Waals surface area contributed by atoms with Gasteiger partial charge in [0.2, 0.25) is 0 Å². The van der Waals surface area contributed by atoms with E-state index in [0.717, 1.165) is 23.2 Å². The quantitative estimate of drug-likeness (QED) is 0.904. The predicted molar refractivity (Wildman–Crippen MR) is 75.1 cm³/mol. The fraction of sp³-hybridized carbons (Fsp3) is 0.533. The van der Waals surface area contributed by atoms with Gasteiger partial charge in [-0.15, -0.1) is 0 Å². The summed E-state index contributed by atoms with van der Waals surface area (Å²) in [6.07, 6.45) is 7.18. The zero-order valence-corrected chi connectivity index (χ0v) is 11.5. The van der Waals surface area contributed by atoms with Crippen LogP contribution in [0.5, 0.6) is 0 Å². The lowest BCUT2D eigenvalue weighted by Gasteiger charge is -2.19. The first kappa shape index (κ1) is 11.9. The van der Waals surface area contributed by atoms with Gasteiger partial charge in [-0.25, -0.2) is 4.98 Å². The minimum absolute atomic E-state index is 0.545. The smallest absolute Gasteiger partial charge is 0.261 e. The predicted octanol–water partition coefficient (Wildman–Crippen LogP) is 3.04. The fourth-order valence-corrected chi connectivity index (χ4v) is 2.79. The second-order valence-corrected chi connectivity index (χ2v) is 5.89. The van der Waals surface area contributed by atoms with E-state index in [4.69, 9.17) is 4.52 Å². The molecular formula is C15H18N4O. The van der Waals surface area contributed by atoms with Crippen molar-refractivity contribution in [3.05, 3.63) is 24.2 Å². The van der Waals surface area contributed by atoms with Crippen LogP contribution in [-0.2, 0) is 0 Å². The maximum Gasteiger partial charge on any atom is 0.261 e. The average Bonchev–Trinajstić information content (AvgIpc) is 3.36. The van der Waals surface area contributed by atoms with Crippen molar-refractivity contribution in [2.45, 2.75) is 38.6 Å². The molecule has 2 aliphatic rings. The number of aryl methyl sites for hydroxylation is 1. The Labute approximate surface area is 117 Å². The number of nitrogens with zero attached hydrogens (tertiary/aromatic N) is 3. The molecule has 2 aromatic rings. The van der Waals surface area contributed by atoms with E-state index in [-0.39, 0.29) is 0 Å². The summed E-state index contributed by atoms with van der Waals surface area (Å²) >= 11 is 0. The molecule has 5 nitrogen and oxygen atoms in total. The third-order valence-electron chi connectivity index (χ3n) is 4.13. The zero-order chi connectivity index (χ0) is 13.5. The summed E-state index contributed by atoms with van der Waals surface area (Å²) in [7, 11) is 0. The summed E-state index contributed by atoms with van der Waals surface area (Å²) in [4.78, 5) is 8.80. The molecule has 0 radical (unpaired) electrons. The van der Waals surface area contributed by atoms with E-state index >= 15 is 0 Å². The van der Waals surface area contributed by atoms with E-state index in [1.807, 2.05) is 25.3 Å². The number of rotatable bonds is 5. The first-order valence-corrected chi connectivity index (χ1v) is 7.33. The second kappa shape index (κ2) is 4.58. The molecule has 2 aromatic heterocycles. The highest BCUT2D eigenvalue weighted by molar-refractivity contribution is 5.69. The Morgan fingerprint density at radius 3 is 2.60 bits per heavy atom. The van der Waals surface area contributed by atoms with Crippen molar-refractivity contribution in [1.29, 1.82) is 0 Å². The highest BCUT2D eigenvalue weighted by Gasteiger charge is 2.41. The van der Waals surface area contributed by atoms with Crippen LogP contribution in [0.4, 0.5) is 5.82 Å². The van der Waals surface area contributed by atoms with Gasteiger partial charge in [-0.05, 0) is 56.6 Å². The molecule has 4 rings (SSSR count). The van der Waals surface area contributed by atoms with Gasteiger partial charge >= 0.3 is 0 Å². The van der Waals surface area contributed by atoms with Crippen molar-refractivity contribution in [2.24, 2.45) is 11.8 Å². The SMILES string of the molecule is Cc1noc(-c2cccnc2NC(C2CC2)C2CC2)n1. The van der Waals surface area contributed by atoms with Gasteiger partial charge in [0.15, 0.2) is 5.82 Å². The number of hydrogen-bond acceptors (Lipinski definition) is 5. The maximum absolute atomic E-state index is 5.28. The fourth-order valence-electron chi connectivity index (χ4n) is 2.79. The highest BCUT2D eigenvalue weighted by Crippen LogP contribution is 2.46. The van der Waals surface area contributed by atoms with E-state index in [1.165, 1.54) is 25.7 Å². The Hall–Kier alpha value is -1.91. The lowest BCUT2D eigenvalue weighted by molar-refractivity contribution is 0.425. The van der Waals surface area contributed by atoms with Crippen molar-refractivity contribution in [2.75, 3.05) is 5.32 Å². The molecule has 2 aliphatic carbocycles. The van der Waals surface area contributed by atoms with Gasteiger partial charge in [-0.2, -0.15) is 4.98 Å². The molecule has 0 bridgehead atoms. The molecule has 0 atom stereocenters. The Morgan fingerprint density at radius 2 is 2.00 bits per heavy atom. The van der Waals surface area contributed by atoms with E-state index in [1.54, 1.807) is 0 Å². The summed E-state index contributed by atoms with van der Waals surface area (Å²) in [5.41, 5.74) is 0.902. The molecule has 1 N–H and O–H groups in total. The van der Waals surface area contributed by atoms with Crippen LogP contribution in [0, 0.1) is 18.8 Å². The summed E-state index contributed by atoms with van der Waals surface area (Å²) in [5.74, 6) is 3.71. The van der Waals surface area contributed by atoms with Gasteiger partial charge in [0.25, 0.3) is 5.89 Å². The molecule has 0 aliphatic heterocycles. The van der Waals surface area contributed by atoms with Crippen molar-refractivity contribution in [1.82, 2.24) is 15.1 Å². The molecule has 2 heterocycles. The molecule has 0 unspecified atom stereocenters. The Balaban J connectivity index is 1.63. The van der Waals surface area contributed by atoms with Gasteiger partial charge in [0, 0.05) is 12.2 Å². The van der Waals surface area contributed by atoms with E-state index in [9.17, 15) is 0 Å². The molecular weight excluding hydrogens is 252 g/mol. The largest absolute Gasteiger partial charge is 0.366 e. The van der Waals surface area contributed by atoms with Crippen LogP contribution in [0.2, 0.25) is 0 Å². The molecule has 2 fully saturated rings. The van der Waals surface area contributed by atoms with E-state index in [0.29, 0.717) is 17.8 Å². The highest BCUT2D eigenvalue weighted by atomic mass is 16.5. The van der Waals surface area contributed by atoms with Crippen molar-refractivity contribution in [3.8, 4) is 11.5 Å². The second-order valence-electron chi connectivity index (χ2n) is 5.89. The zero-order valence-electron chi connectivity index (χ0n) is 11.5. The Kier molecular flexibility index (Phi) is 2.72. The van der Waals surface area contributed by atoms with Crippen LogP contribution in [0.1, 0.15) is 31.5 Å². The third kappa shape index (κ3) is 2.28. The number of pyridine rings is 1. The van der Waals surface area contributed by atoms with Gasteiger partial charge in [-0.1, -0.05) is 5.16 Å². The molecule has 0 saturated heterocycles. The molecule has 5 heteroatoms. The number of hydrogen-bond donors (Lipinski definition) is 1. The van der Waals surface area contributed by atoms with Crippen LogP contribution in [-0.4, -0.2) is 21.2 Å². The molecule has 0 spiro atoms. The summed E-state index contributed by atoms with van der Waals surface area (Å²) in [6.45, 7) is 1.83. The van der Waals surface area contributed by atoms with Gasteiger partial charge in [0.05, 0.1) is 5.56 Å². The number of anilines is 1. The number of nitrogens with one attached hydrogen (secondary N) is 1. The molecule has 104 valence electrons. The van der Waals surface area contributed by atoms with Crippen LogP contribution >= 0.6 is 0 Å². The molecule has 0 aromatic carbocycles. The van der Waals surface area contributed by atoms with Crippen LogP contribution in [0.25, 0.3) is 11.5 Å². The minimum atomic E-state index is 0.545. The van der Waals surface area contributed by atoms with E-state index < -0.39 is 0 Å². The monoisotopic (exact) mass is 270 g/mol. The molecule has 0 amide bonds. The summed E-state index contributed by atoms with van der Waals surface area (Å²) in [6, 6.07) is 4.45. The topological polar surface area (TPSA) is 63.8 Å². The third-order valence-corrected chi connectivity index (χ3v) is 4.13. The van der Waals surface area contributed by atoms with Crippen LogP contribution < -0.4 is 5.32 Å². The van der Waals surface area contributed by atoms with Crippen molar-refractivity contribution < 1.29 is 4.52 Å². The maximum atomic E-state index is 5.28. The summed E-state index contributed by atoms with van der Waals surface area (Å²) < 4.78 is 5.28. The summed E-state index contributed by atoms with van der Waals surface area (Å²) in [5, 5.41) is 7.51. The van der Waals surface area contributed by atoms with Crippen molar-refractivity contribution in [3.63, 3.8) is 0 Å². The Morgan fingerprint density at radius 1 is 1.25 bits per heavy atom. The molecule has 20 heavy (non-hydrogen) atoms. The first-order valence-electron chi connectivity index (χ1n) is 7.33. The normalized spacial score (nSPS) is 18.5. The standard InChI is InChI=1S/C15H18N4O/c1-9-17-15(20-19-9)12-3-2-8-16-14(12)18-13(10-4-5-10)11-6-7-11/h2-3,8,10-11,13H,4-7H2,1H3,(H,16,18). The van der Waals surface area contributed by atoms with Gasteiger partial charge in [-0.3, -0.25) is 0 Å². The molecule has 2 saturated carbocycles. The van der Waals surface area contributed by atoms with Crippen LogP contribution in [0.15, 0.2) is 22.9 Å². The number of aromatic nitrogens is 3. The average molecular weight is 270 g/mol. The minimum Gasteiger partial charge on any atom is -0.366 e. The van der Waals surface area contributed by atoms with Crippen LogP contribution in [0.3, 0.4) is 0 Å². The van der Waals surface area contributed by atoms with Gasteiger partial charge < -0.3 is 9.84 Å². The Bertz CT molecular complexity index is 604. The lowest BCUT2D eigenvalue weighted by Crippen LogP contribution is -2.25. The van der Waals surface area contributed by atoms with Crippen molar-refractivity contribution >= 4 is 5.82 Å².